The molecule has 0 saturated heterocycles. The lowest BCUT2D eigenvalue weighted by atomic mass is 10.2. The molecule has 0 radical (unpaired) electrons. The van der Waals surface area contributed by atoms with Crippen LogP contribution in [0.2, 0.25) is 0 Å². The molecule has 0 saturated carbocycles. The van der Waals surface area contributed by atoms with E-state index in [0.29, 0.717) is 12.2 Å². The van der Waals surface area contributed by atoms with E-state index in [2.05, 4.69) is 6.92 Å². The van der Waals surface area contributed by atoms with Gasteiger partial charge in [0.2, 0.25) is 0 Å². The molecule has 0 aliphatic carbocycles. The van der Waals surface area contributed by atoms with Crippen LogP contribution in [0.5, 0.6) is 5.75 Å². The molecule has 0 atom stereocenters. The Balaban J connectivity index is 2.40. The second kappa shape index (κ2) is 6.84. The molecule has 86 valence electrons. The molecule has 0 bridgehead atoms. The molecule has 0 fully saturated rings. The standard InChI is InChI=1S/C13H16FNO/c1-2-3-4-5-8-16-13-7-6-11(10-15)9-12(13)14/h6-7,9H,2-5,8H2,1H3. The molecular weight excluding hydrogens is 205 g/mol. The maximum Gasteiger partial charge on any atom is 0.166 e. The van der Waals surface area contributed by atoms with Gasteiger partial charge in [-0.25, -0.2) is 4.39 Å². The van der Waals surface area contributed by atoms with Crippen molar-refractivity contribution < 1.29 is 9.13 Å². The summed E-state index contributed by atoms with van der Waals surface area (Å²) in [6.07, 6.45) is 4.39. The van der Waals surface area contributed by atoms with Crippen molar-refractivity contribution in [3.8, 4) is 11.8 Å². The average Bonchev–Trinajstić information content (AvgIpc) is 2.30. The predicted molar refractivity (Wildman–Crippen MR) is 60.8 cm³/mol. The molecule has 0 unspecified atom stereocenters. The van der Waals surface area contributed by atoms with Crippen LogP contribution < -0.4 is 4.74 Å². The van der Waals surface area contributed by atoms with Crippen LogP contribution in [0.25, 0.3) is 0 Å². The van der Waals surface area contributed by atoms with E-state index >= 15 is 0 Å². The molecule has 2 nitrogen and oxygen atoms in total. The molecule has 1 aromatic rings. The summed E-state index contributed by atoms with van der Waals surface area (Å²) >= 11 is 0. The van der Waals surface area contributed by atoms with Gasteiger partial charge in [0.1, 0.15) is 0 Å². The SMILES string of the molecule is CCCCCCOc1ccc(C#N)cc1F. The first-order chi connectivity index (χ1) is 7.77. The summed E-state index contributed by atoms with van der Waals surface area (Å²) in [5.41, 5.74) is 0.316. The summed E-state index contributed by atoms with van der Waals surface area (Å²) in [5.74, 6) is -0.231. The highest BCUT2D eigenvalue weighted by molar-refractivity contribution is 5.35. The Morgan fingerprint density at radius 2 is 2.12 bits per heavy atom. The van der Waals surface area contributed by atoms with Gasteiger partial charge in [0.25, 0.3) is 0 Å². The summed E-state index contributed by atoms with van der Waals surface area (Å²) in [7, 11) is 0. The first-order valence-electron chi connectivity index (χ1n) is 5.60. The fourth-order valence-electron chi connectivity index (χ4n) is 1.40. The molecule has 0 N–H and O–H groups in total. The normalized spacial score (nSPS) is 9.81. The van der Waals surface area contributed by atoms with Gasteiger partial charge in [-0.2, -0.15) is 5.26 Å². The predicted octanol–water partition coefficient (Wildman–Crippen LogP) is 3.66. The van der Waals surface area contributed by atoms with Gasteiger partial charge >= 0.3 is 0 Å². The molecule has 1 aromatic carbocycles. The first kappa shape index (κ1) is 12.5. The lowest BCUT2D eigenvalue weighted by Gasteiger charge is -2.06. The van der Waals surface area contributed by atoms with E-state index in [1.807, 2.05) is 6.07 Å². The van der Waals surface area contributed by atoms with Gasteiger partial charge in [0.05, 0.1) is 18.2 Å². The van der Waals surface area contributed by atoms with Crippen LogP contribution in [0.3, 0.4) is 0 Å². The lowest BCUT2D eigenvalue weighted by Crippen LogP contribution is -1.99. The number of nitrogens with zero attached hydrogens (tertiary/aromatic N) is 1. The van der Waals surface area contributed by atoms with Crippen LogP contribution in [0, 0.1) is 17.1 Å². The topological polar surface area (TPSA) is 33.0 Å². The lowest BCUT2D eigenvalue weighted by molar-refractivity contribution is 0.290. The maximum absolute atomic E-state index is 13.3. The molecule has 0 aromatic heterocycles. The van der Waals surface area contributed by atoms with Crippen molar-refractivity contribution in [2.24, 2.45) is 0 Å². The molecule has 16 heavy (non-hydrogen) atoms. The maximum atomic E-state index is 13.3. The number of rotatable bonds is 6. The zero-order valence-electron chi connectivity index (χ0n) is 9.50. The van der Waals surface area contributed by atoms with Crippen LogP contribution in [0.15, 0.2) is 18.2 Å². The van der Waals surface area contributed by atoms with Gasteiger partial charge < -0.3 is 4.74 Å². The fourth-order valence-corrected chi connectivity index (χ4v) is 1.40. The van der Waals surface area contributed by atoms with Crippen molar-refractivity contribution >= 4 is 0 Å². The number of benzene rings is 1. The molecule has 1 rings (SSSR count). The monoisotopic (exact) mass is 221 g/mol. The van der Waals surface area contributed by atoms with E-state index in [0.717, 1.165) is 12.8 Å². The third-order valence-corrected chi connectivity index (χ3v) is 2.32. The van der Waals surface area contributed by atoms with Gasteiger partial charge in [0.15, 0.2) is 11.6 Å². The minimum atomic E-state index is -0.463. The van der Waals surface area contributed by atoms with Crippen molar-refractivity contribution in [2.45, 2.75) is 32.6 Å². The number of halogens is 1. The Labute approximate surface area is 95.7 Å². The molecule has 0 heterocycles. The molecule has 0 amide bonds. The highest BCUT2D eigenvalue weighted by atomic mass is 19.1. The second-order valence-corrected chi connectivity index (χ2v) is 3.67. The summed E-state index contributed by atoms with van der Waals surface area (Å²) in [6, 6.07) is 6.15. The third-order valence-electron chi connectivity index (χ3n) is 2.32. The van der Waals surface area contributed by atoms with Crippen molar-refractivity contribution in [3.63, 3.8) is 0 Å². The van der Waals surface area contributed by atoms with Gasteiger partial charge in [-0.3, -0.25) is 0 Å². The van der Waals surface area contributed by atoms with Crippen LogP contribution >= 0.6 is 0 Å². The quantitative estimate of drug-likeness (QED) is 0.687. The smallest absolute Gasteiger partial charge is 0.166 e. The number of hydrogen-bond donors (Lipinski definition) is 0. The second-order valence-electron chi connectivity index (χ2n) is 3.67. The zero-order chi connectivity index (χ0) is 11.8. The van der Waals surface area contributed by atoms with Gasteiger partial charge in [0, 0.05) is 0 Å². The van der Waals surface area contributed by atoms with Crippen LogP contribution in [-0.4, -0.2) is 6.61 Å². The first-order valence-corrected chi connectivity index (χ1v) is 5.60. The molecular formula is C13H16FNO. The van der Waals surface area contributed by atoms with Crippen LogP contribution in [0.4, 0.5) is 4.39 Å². The van der Waals surface area contributed by atoms with E-state index in [-0.39, 0.29) is 5.75 Å². The van der Waals surface area contributed by atoms with E-state index in [4.69, 9.17) is 10.00 Å². The van der Waals surface area contributed by atoms with E-state index < -0.39 is 5.82 Å². The van der Waals surface area contributed by atoms with Gasteiger partial charge in [-0.05, 0) is 24.6 Å². The number of ether oxygens (including phenoxy) is 1. The third kappa shape index (κ3) is 3.90. The number of hydrogen-bond acceptors (Lipinski definition) is 2. The summed E-state index contributed by atoms with van der Waals surface area (Å²) in [5, 5.41) is 8.57. The molecule has 0 aliphatic rings. The van der Waals surface area contributed by atoms with Crippen LogP contribution in [-0.2, 0) is 0 Å². The molecule has 0 aliphatic heterocycles. The zero-order valence-corrected chi connectivity index (χ0v) is 9.50. The molecule has 0 spiro atoms. The Morgan fingerprint density at radius 1 is 1.31 bits per heavy atom. The Morgan fingerprint density at radius 3 is 2.75 bits per heavy atom. The van der Waals surface area contributed by atoms with Crippen molar-refractivity contribution in [1.29, 1.82) is 5.26 Å². The van der Waals surface area contributed by atoms with Crippen molar-refractivity contribution in [1.82, 2.24) is 0 Å². The van der Waals surface area contributed by atoms with Gasteiger partial charge in [-0.15, -0.1) is 0 Å². The fraction of sp³-hybridized carbons (Fsp3) is 0.462. The van der Waals surface area contributed by atoms with E-state index in [1.54, 1.807) is 6.07 Å². The number of nitriles is 1. The minimum Gasteiger partial charge on any atom is -0.491 e. The summed E-state index contributed by atoms with van der Waals surface area (Å²) in [6.45, 7) is 2.67. The van der Waals surface area contributed by atoms with Crippen molar-refractivity contribution in [3.05, 3.63) is 29.6 Å². The number of unbranched alkanes of at least 4 members (excludes halogenated alkanes) is 3. The minimum absolute atomic E-state index is 0.232. The summed E-state index contributed by atoms with van der Waals surface area (Å²) in [4.78, 5) is 0. The highest BCUT2D eigenvalue weighted by Gasteiger charge is 2.03. The summed E-state index contributed by atoms with van der Waals surface area (Å²) < 4.78 is 18.6. The Bertz CT molecular complexity index is 371. The highest BCUT2D eigenvalue weighted by Crippen LogP contribution is 2.18. The van der Waals surface area contributed by atoms with E-state index in [9.17, 15) is 4.39 Å². The Hall–Kier alpha value is -1.56. The Kier molecular flexibility index (Phi) is 5.35. The van der Waals surface area contributed by atoms with Crippen molar-refractivity contribution in [2.75, 3.05) is 6.61 Å². The largest absolute Gasteiger partial charge is 0.491 e. The van der Waals surface area contributed by atoms with Crippen LogP contribution in [0.1, 0.15) is 38.2 Å². The average molecular weight is 221 g/mol. The van der Waals surface area contributed by atoms with Gasteiger partial charge in [-0.1, -0.05) is 26.2 Å². The van der Waals surface area contributed by atoms with E-state index in [1.165, 1.54) is 25.0 Å². The molecule has 3 heteroatoms.